The van der Waals surface area contributed by atoms with Crippen molar-refractivity contribution in [2.45, 2.75) is 58.3 Å². The Kier molecular flexibility index (Phi) is 3.47. The highest BCUT2D eigenvalue weighted by molar-refractivity contribution is 5.82. The molecule has 98 valence electrons. The highest BCUT2D eigenvalue weighted by Crippen LogP contribution is 2.42. The maximum Gasteiger partial charge on any atom is 0.314 e. The lowest BCUT2D eigenvalue weighted by Gasteiger charge is -2.35. The molecule has 0 radical (unpaired) electrons. The summed E-state index contributed by atoms with van der Waals surface area (Å²) in [6.07, 6.45) is 4.79. The summed E-state index contributed by atoms with van der Waals surface area (Å²) in [5.41, 5.74) is 3.94. The van der Waals surface area contributed by atoms with Crippen LogP contribution in [0, 0.1) is 20.8 Å². The fraction of sp³-hybridized carbons (Fsp3) is 0.562. The van der Waals surface area contributed by atoms with E-state index >= 15 is 0 Å². The van der Waals surface area contributed by atoms with Gasteiger partial charge in [0.2, 0.25) is 0 Å². The molecular formula is C16H22O2. The van der Waals surface area contributed by atoms with Gasteiger partial charge in [-0.25, -0.2) is 0 Å². The first-order valence-corrected chi connectivity index (χ1v) is 6.79. The quantitative estimate of drug-likeness (QED) is 0.859. The van der Waals surface area contributed by atoms with Crippen molar-refractivity contribution in [3.05, 3.63) is 34.4 Å². The first-order chi connectivity index (χ1) is 8.47. The SMILES string of the molecule is Cc1cc(C)c(C)c(C2(C(=O)O)CCCCC2)c1. The summed E-state index contributed by atoms with van der Waals surface area (Å²) < 4.78 is 0. The Bertz CT molecular complexity index is 468. The van der Waals surface area contributed by atoms with Crippen molar-refractivity contribution in [1.29, 1.82) is 0 Å². The number of carbonyl (C=O) groups is 1. The first-order valence-electron chi connectivity index (χ1n) is 6.79. The van der Waals surface area contributed by atoms with Crippen LogP contribution in [0.3, 0.4) is 0 Å². The average Bonchev–Trinajstić information content (AvgIpc) is 2.34. The molecule has 0 saturated heterocycles. The minimum absolute atomic E-state index is 0.640. The molecule has 0 amide bonds. The Labute approximate surface area is 109 Å². The van der Waals surface area contributed by atoms with E-state index in [4.69, 9.17) is 0 Å². The smallest absolute Gasteiger partial charge is 0.314 e. The standard InChI is InChI=1S/C16H22O2/c1-11-9-12(2)13(3)14(10-11)16(15(17)18)7-5-4-6-8-16/h9-10H,4-8H2,1-3H3,(H,17,18). The van der Waals surface area contributed by atoms with E-state index in [0.29, 0.717) is 0 Å². The van der Waals surface area contributed by atoms with Crippen LogP contribution in [0.5, 0.6) is 0 Å². The maximum atomic E-state index is 11.9. The Morgan fingerprint density at radius 1 is 1.11 bits per heavy atom. The second-order valence-corrected chi connectivity index (χ2v) is 5.70. The fourth-order valence-electron chi connectivity index (χ4n) is 3.29. The van der Waals surface area contributed by atoms with Gasteiger partial charge in [0.1, 0.15) is 0 Å². The molecule has 1 aromatic carbocycles. The highest BCUT2D eigenvalue weighted by Gasteiger charge is 2.42. The van der Waals surface area contributed by atoms with Gasteiger partial charge >= 0.3 is 5.97 Å². The topological polar surface area (TPSA) is 37.3 Å². The Hall–Kier alpha value is -1.31. The molecule has 1 aliphatic carbocycles. The monoisotopic (exact) mass is 246 g/mol. The third kappa shape index (κ3) is 2.05. The molecule has 2 heteroatoms. The molecule has 0 aliphatic heterocycles. The van der Waals surface area contributed by atoms with Gasteiger partial charge in [0, 0.05) is 0 Å². The van der Waals surface area contributed by atoms with Crippen molar-refractivity contribution in [3.63, 3.8) is 0 Å². The van der Waals surface area contributed by atoms with Crippen LogP contribution < -0.4 is 0 Å². The molecule has 0 atom stereocenters. The highest BCUT2D eigenvalue weighted by atomic mass is 16.4. The molecule has 0 heterocycles. The number of carboxylic acid groups (broad SMARTS) is 1. The van der Waals surface area contributed by atoms with Gasteiger partial charge in [-0.3, -0.25) is 4.79 Å². The Morgan fingerprint density at radius 2 is 1.72 bits per heavy atom. The van der Waals surface area contributed by atoms with Gasteiger partial charge in [0.05, 0.1) is 5.41 Å². The molecule has 1 aromatic rings. The molecule has 1 N–H and O–H groups in total. The van der Waals surface area contributed by atoms with E-state index in [2.05, 4.69) is 26.0 Å². The van der Waals surface area contributed by atoms with Crippen LogP contribution in [-0.2, 0) is 10.2 Å². The number of hydrogen-bond acceptors (Lipinski definition) is 1. The summed E-state index contributed by atoms with van der Waals surface area (Å²) in [7, 11) is 0. The maximum absolute atomic E-state index is 11.9. The van der Waals surface area contributed by atoms with E-state index in [9.17, 15) is 9.90 Å². The second kappa shape index (κ2) is 4.75. The number of benzene rings is 1. The van der Waals surface area contributed by atoms with Crippen molar-refractivity contribution in [1.82, 2.24) is 0 Å². The predicted molar refractivity (Wildman–Crippen MR) is 73.1 cm³/mol. The largest absolute Gasteiger partial charge is 0.481 e. The van der Waals surface area contributed by atoms with Crippen LogP contribution in [-0.4, -0.2) is 11.1 Å². The molecule has 2 nitrogen and oxygen atoms in total. The second-order valence-electron chi connectivity index (χ2n) is 5.70. The fourth-order valence-corrected chi connectivity index (χ4v) is 3.29. The minimum Gasteiger partial charge on any atom is -0.481 e. The summed E-state index contributed by atoms with van der Waals surface area (Å²) in [5, 5.41) is 9.75. The van der Waals surface area contributed by atoms with Gasteiger partial charge in [-0.1, -0.05) is 37.0 Å². The van der Waals surface area contributed by atoms with E-state index in [-0.39, 0.29) is 0 Å². The Balaban J connectivity index is 2.59. The normalized spacial score (nSPS) is 18.6. The molecule has 0 aromatic heterocycles. The number of aryl methyl sites for hydroxylation is 2. The average molecular weight is 246 g/mol. The van der Waals surface area contributed by atoms with Crippen molar-refractivity contribution in [2.24, 2.45) is 0 Å². The first kappa shape index (κ1) is 13.1. The molecule has 1 fully saturated rings. The van der Waals surface area contributed by atoms with E-state index in [1.165, 1.54) is 17.5 Å². The van der Waals surface area contributed by atoms with Gasteiger partial charge in [-0.15, -0.1) is 0 Å². The number of carboxylic acids is 1. The van der Waals surface area contributed by atoms with Gasteiger partial charge in [0.25, 0.3) is 0 Å². The molecule has 1 saturated carbocycles. The Morgan fingerprint density at radius 3 is 2.28 bits per heavy atom. The summed E-state index contributed by atoms with van der Waals surface area (Å²) in [5.74, 6) is -0.643. The van der Waals surface area contributed by atoms with Crippen LogP contribution in [0.2, 0.25) is 0 Å². The summed E-state index contributed by atoms with van der Waals surface area (Å²) in [6.45, 7) is 6.18. The van der Waals surface area contributed by atoms with Crippen molar-refractivity contribution in [3.8, 4) is 0 Å². The van der Waals surface area contributed by atoms with Crippen LogP contribution >= 0.6 is 0 Å². The lowest BCUT2D eigenvalue weighted by molar-refractivity contribution is -0.145. The van der Waals surface area contributed by atoms with E-state index in [0.717, 1.165) is 36.8 Å². The zero-order chi connectivity index (χ0) is 13.3. The van der Waals surface area contributed by atoms with Gasteiger partial charge < -0.3 is 5.11 Å². The van der Waals surface area contributed by atoms with Gasteiger partial charge in [-0.05, 0) is 50.3 Å². The van der Waals surface area contributed by atoms with Crippen molar-refractivity contribution in [2.75, 3.05) is 0 Å². The molecule has 0 bridgehead atoms. The van der Waals surface area contributed by atoms with Gasteiger partial charge in [-0.2, -0.15) is 0 Å². The minimum atomic E-state index is -0.643. The molecule has 18 heavy (non-hydrogen) atoms. The van der Waals surface area contributed by atoms with Crippen molar-refractivity contribution < 1.29 is 9.90 Å². The molecule has 0 spiro atoms. The van der Waals surface area contributed by atoms with E-state index < -0.39 is 11.4 Å². The summed E-state index contributed by atoms with van der Waals surface area (Å²) >= 11 is 0. The van der Waals surface area contributed by atoms with Crippen LogP contribution in [0.15, 0.2) is 12.1 Å². The summed E-state index contributed by atoms with van der Waals surface area (Å²) in [4.78, 5) is 11.9. The molecule has 0 unspecified atom stereocenters. The summed E-state index contributed by atoms with van der Waals surface area (Å²) in [6, 6.07) is 4.22. The molecule has 2 rings (SSSR count). The van der Waals surface area contributed by atoms with Gasteiger partial charge in [0.15, 0.2) is 0 Å². The van der Waals surface area contributed by atoms with Crippen LogP contribution in [0.25, 0.3) is 0 Å². The third-order valence-corrected chi connectivity index (χ3v) is 4.44. The lowest BCUT2D eigenvalue weighted by Crippen LogP contribution is -2.38. The van der Waals surface area contributed by atoms with Crippen LogP contribution in [0.4, 0.5) is 0 Å². The predicted octanol–water partition coefficient (Wildman–Crippen LogP) is 3.90. The third-order valence-electron chi connectivity index (χ3n) is 4.44. The number of hydrogen-bond donors (Lipinski definition) is 1. The van der Waals surface area contributed by atoms with Crippen molar-refractivity contribution >= 4 is 5.97 Å². The number of aliphatic carboxylic acids is 1. The number of rotatable bonds is 2. The zero-order valence-electron chi connectivity index (χ0n) is 11.5. The van der Waals surface area contributed by atoms with E-state index in [1.54, 1.807) is 0 Å². The van der Waals surface area contributed by atoms with Crippen LogP contribution in [0.1, 0.15) is 54.4 Å². The zero-order valence-corrected chi connectivity index (χ0v) is 11.5. The van der Waals surface area contributed by atoms with E-state index in [1.807, 2.05) is 6.92 Å². The lowest BCUT2D eigenvalue weighted by atomic mass is 9.67. The molecular weight excluding hydrogens is 224 g/mol. The molecule has 1 aliphatic rings.